The SMILES string of the molecule is CCC(C)(C)NC(=O)c1cc(F)c(Cl)c(S(=O)(=O)Cl)c1Cl. The van der Waals surface area contributed by atoms with Gasteiger partial charge in [0.15, 0.2) is 0 Å². The van der Waals surface area contributed by atoms with Crippen LogP contribution in [-0.4, -0.2) is 19.9 Å². The van der Waals surface area contributed by atoms with Gasteiger partial charge in [-0.2, -0.15) is 0 Å². The molecule has 0 aliphatic carbocycles. The molecule has 4 nitrogen and oxygen atoms in total. The van der Waals surface area contributed by atoms with Gasteiger partial charge in [0, 0.05) is 16.2 Å². The van der Waals surface area contributed by atoms with Gasteiger partial charge in [-0.05, 0) is 26.3 Å². The van der Waals surface area contributed by atoms with Crippen molar-refractivity contribution < 1.29 is 17.6 Å². The Morgan fingerprint density at radius 2 is 1.86 bits per heavy atom. The van der Waals surface area contributed by atoms with Crippen LogP contribution in [0.3, 0.4) is 0 Å². The van der Waals surface area contributed by atoms with Crippen molar-refractivity contribution >= 4 is 48.8 Å². The van der Waals surface area contributed by atoms with Crippen molar-refractivity contribution in [3.8, 4) is 0 Å². The number of hydrogen-bond acceptors (Lipinski definition) is 3. The molecule has 1 aromatic rings. The van der Waals surface area contributed by atoms with Gasteiger partial charge < -0.3 is 5.32 Å². The van der Waals surface area contributed by atoms with Crippen LogP contribution in [0.15, 0.2) is 11.0 Å². The average Bonchev–Trinajstić information content (AvgIpc) is 2.31. The maximum Gasteiger partial charge on any atom is 0.264 e. The van der Waals surface area contributed by atoms with Crippen LogP contribution < -0.4 is 5.32 Å². The molecule has 0 unspecified atom stereocenters. The van der Waals surface area contributed by atoms with Gasteiger partial charge in [-0.15, -0.1) is 0 Å². The predicted octanol–water partition coefficient (Wildman–Crippen LogP) is 3.98. The molecule has 21 heavy (non-hydrogen) atoms. The van der Waals surface area contributed by atoms with Crippen molar-refractivity contribution in [1.29, 1.82) is 0 Å². The highest BCUT2D eigenvalue weighted by atomic mass is 35.7. The average molecular weight is 377 g/mol. The smallest absolute Gasteiger partial charge is 0.264 e. The maximum absolute atomic E-state index is 13.7. The molecule has 0 bridgehead atoms. The summed E-state index contributed by atoms with van der Waals surface area (Å²) >= 11 is 11.4. The number of nitrogens with one attached hydrogen (secondary N) is 1. The largest absolute Gasteiger partial charge is 0.347 e. The van der Waals surface area contributed by atoms with E-state index in [4.69, 9.17) is 33.9 Å². The summed E-state index contributed by atoms with van der Waals surface area (Å²) in [6.45, 7) is 5.35. The molecule has 118 valence electrons. The predicted molar refractivity (Wildman–Crippen MR) is 81.3 cm³/mol. The van der Waals surface area contributed by atoms with Crippen molar-refractivity contribution in [2.75, 3.05) is 0 Å². The van der Waals surface area contributed by atoms with Crippen LogP contribution in [0.25, 0.3) is 0 Å². The monoisotopic (exact) mass is 375 g/mol. The lowest BCUT2D eigenvalue weighted by molar-refractivity contribution is 0.0910. The molecule has 0 aliphatic heterocycles. The summed E-state index contributed by atoms with van der Waals surface area (Å²) in [5.74, 6) is -1.82. The lowest BCUT2D eigenvalue weighted by Gasteiger charge is -2.25. The van der Waals surface area contributed by atoms with E-state index in [0.717, 1.165) is 6.07 Å². The fourth-order valence-corrected chi connectivity index (χ4v) is 3.80. The number of carbonyl (C=O) groups excluding carboxylic acids is 1. The van der Waals surface area contributed by atoms with Crippen LogP contribution in [0.4, 0.5) is 4.39 Å². The quantitative estimate of drug-likeness (QED) is 0.638. The van der Waals surface area contributed by atoms with Gasteiger partial charge in [0.1, 0.15) is 10.7 Å². The molecule has 9 heteroatoms. The first kappa shape index (κ1) is 18.5. The molecular weight excluding hydrogens is 364 g/mol. The summed E-state index contributed by atoms with van der Waals surface area (Å²) in [5, 5.41) is 1.36. The van der Waals surface area contributed by atoms with Crippen molar-refractivity contribution in [2.24, 2.45) is 0 Å². The minimum atomic E-state index is -4.40. The van der Waals surface area contributed by atoms with E-state index < -0.39 is 41.3 Å². The number of amides is 1. The third-order valence-electron chi connectivity index (χ3n) is 2.94. The summed E-state index contributed by atoms with van der Waals surface area (Å²) in [6.07, 6.45) is 0.604. The second-order valence-corrected chi connectivity index (χ2v) is 8.25. The number of rotatable bonds is 4. The zero-order valence-electron chi connectivity index (χ0n) is 11.4. The van der Waals surface area contributed by atoms with Gasteiger partial charge in [-0.1, -0.05) is 30.1 Å². The van der Waals surface area contributed by atoms with Gasteiger partial charge >= 0.3 is 0 Å². The highest BCUT2D eigenvalue weighted by Gasteiger charge is 2.29. The summed E-state index contributed by atoms with van der Waals surface area (Å²) in [6, 6.07) is 0.775. The van der Waals surface area contributed by atoms with E-state index in [1.54, 1.807) is 13.8 Å². The van der Waals surface area contributed by atoms with E-state index in [9.17, 15) is 17.6 Å². The Kier molecular flexibility index (Phi) is 5.53. The molecule has 0 aromatic heterocycles. The fraction of sp³-hybridized carbons (Fsp3) is 0.417. The number of benzene rings is 1. The second kappa shape index (κ2) is 6.28. The molecule has 0 saturated carbocycles. The molecule has 0 atom stereocenters. The van der Waals surface area contributed by atoms with Crippen LogP contribution in [0.1, 0.15) is 37.6 Å². The number of halogens is 4. The molecule has 1 aromatic carbocycles. The normalized spacial score (nSPS) is 12.3. The van der Waals surface area contributed by atoms with E-state index in [0.29, 0.717) is 6.42 Å². The van der Waals surface area contributed by atoms with Crippen LogP contribution >= 0.6 is 33.9 Å². The zero-order valence-corrected chi connectivity index (χ0v) is 14.5. The first-order chi connectivity index (χ1) is 9.40. The highest BCUT2D eigenvalue weighted by molar-refractivity contribution is 8.14. The van der Waals surface area contributed by atoms with E-state index >= 15 is 0 Å². The van der Waals surface area contributed by atoms with Crippen LogP contribution in [0.2, 0.25) is 10.0 Å². The Bertz CT molecular complexity index is 689. The van der Waals surface area contributed by atoms with Gasteiger partial charge in [0.05, 0.1) is 15.6 Å². The van der Waals surface area contributed by atoms with Crippen molar-refractivity contribution in [3.05, 3.63) is 27.5 Å². The minimum Gasteiger partial charge on any atom is -0.347 e. The lowest BCUT2D eigenvalue weighted by Crippen LogP contribution is -2.43. The van der Waals surface area contributed by atoms with E-state index in [-0.39, 0.29) is 5.56 Å². The maximum atomic E-state index is 13.7. The summed E-state index contributed by atoms with van der Waals surface area (Å²) in [5.41, 5.74) is -0.921. The van der Waals surface area contributed by atoms with Gasteiger partial charge in [0.2, 0.25) is 0 Å². The molecule has 0 spiro atoms. The Labute approximate surface area is 137 Å². The molecule has 1 rings (SSSR count). The van der Waals surface area contributed by atoms with Crippen molar-refractivity contribution in [3.63, 3.8) is 0 Å². The summed E-state index contributed by atoms with van der Waals surface area (Å²) in [7, 11) is 0.779. The number of carbonyl (C=O) groups is 1. The number of hydrogen-bond donors (Lipinski definition) is 1. The highest BCUT2D eigenvalue weighted by Crippen LogP contribution is 2.36. The van der Waals surface area contributed by atoms with Crippen LogP contribution in [0, 0.1) is 5.82 Å². The summed E-state index contributed by atoms with van der Waals surface area (Å²) < 4.78 is 36.6. The first-order valence-corrected chi connectivity index (χ1v) is 8.92. The molecule has 0 fully saturated rings. The molecule has 0 radical (unpaired) electrons. The molecule has 1 amide bonds. The minimum absolute atomic E-state index is 0.348. The third kappa shape index (κ3) is 4.22. The van der Waals surface area contributed by atoms with Crippen LogP contribution in [0.5, 0.6) is 0 Å². The zero-order chi connectivity index (χ0) is 16.6. The van der Waals surface area contributed by atoms with Gasteiger partial charge in [-0.3, -0.25) is 4.79 Å². The third-order valence-corrected chi connectivity index (χ3v) is 5.29. The Hall–Kier alpha value is -0.560. The van der Waals surface area contributed by atoms with Gasteiger partial charge in [-0.25, -0.2) is 12.8 Å². The molecule has 1 N–H and O–H groups in total. The standard InChI is InChI=1S/C12H13Cl3FNO3S/c1-4-12(2,3)17-11(18)6-5-7(16)9(14)10(8(6)13)21(15,19)20/h5H,4H2,1-3H3,(H,17,18). The molecule has 0 aliphatic rings. The van der Waals surface area contributed by atoms with Crippen LogP contribution in [-0.2, 0) is 9.05 Å². The molecular formula is C12H13Cl3FNO3S. The second-order valence-electron chi connectivity index (χ2n) is 4.99. The van der Waals surface area contributed by atoms with E-state index in [2.05, 4.69) is 5.32 Å². The molecule has 0 heterocycles. The Balaban J connectivity index is 3.47. The summed E-state index contributed by atoms with van der Waals surface area (Å²) in [4.78, 5) is 11.3. The topological polar surface area (TPSA) is 63.2 Å². The Morgan fingerprint density at radius 3 is 2.29 bits per heavy atom. The van der Waals surface area contributed by atoms with Gasteiger partial charge in [0.25, 0.3) is 15.0 Å². The van der Waals surface area contributed by atoms with Crippen molar-refractivity contribution in [1.82, 2.24) is 5.32 Å². The van der Waals surface area contributed by atoms with E-state index in [1.165, 1.54) is 0 Å². The fourth-order valence-electron chi connectivity index (χ4n) is 1.42. The lowest BCUT2D eigenvalue weighted by atomic mass is 10.0. The Morgan fingerprint density at radius 1 is 1.33 bits per heavy atom. The molecule has 0 saturated heterocycles. The van der Waals surface area contributed by atoms with Crippen molar-refractivity contribution in [2.45, 2.75) is 37.6 Å². The van der Waals surface area contributed by atoms with E-state index in [1.807, 2.05) is 6.92 Å². The first-order valence-electron chi connectivity index (χ1n) is 5.85.